The molecule has 20 nitrogen and oxygen atoms in total. The molecule has 8 N–H and O–H groups in total. The van der Waals surface area contributed by atoms with E-state index in [9.17, 15) is 37.3 Å². The third-order valence-electron chi connectivity index (χ3n) is 11.8. The van der Waals surface area contributed by atoms with E-state index in [2.05, 4.69) is 78.4 Å². The molecule has 0 unspecified atom stereocenters. The van der Waals surface area contributed by atoms with Gasteiger partial charge in [-0.15, -0.1) is 20.5 Å². The molecule has 77 heavy (non-hydrogen) atoms. The van der Waals surface area contributed by atoms with Gasteiger partial charge in [0, 0.05) is 78.9 Å². The Labute approximate surface area is 462 Å². The molecule has 23 heteroatoms. The average Bonchev–Trinajstić information content (AvgIpc) is 3.38. The second-order valence-electron chi connectivity index (χ2n) is 17.9. The number of nitrogens with two attached hydrogens (primary N) is 2. The largest absolute Gasteiger partial charge is 0.506 e. The van der Waals surface area contributed by atoms with E-state index >= 15 is 0 Å². The van der Waals surface area contributed by atoms with Crippen molar-refractivity contribution >= 4 is 76.9 Å². The number of phenolic OH excluding ortho intramolecular Hbond substituents is 4. The number of rotatable bonds is 24. The molecule has 6 aromatic rings. The number of nitrogens with zero attached hydrogens (tertiary/aromatic N) is 10. The van der Waals surface area contributed by atoms with E-state index in [1.807, 2.05) is 12.1 Å². The molecule has 0 aromatic heterocycles. The van der Waals surface area contributed by atoms with Crippen molar-refractivity contribution in [2.75, 3.05) is 36.0 Å². The van der Waals surface area contributed by atoms with Gasteiger partial charge in [0.15, 0.2) is 0 Å². The van der Waals surface area contributed by atoms with Crippen LogP contribution in [-0.4, -0.2) is 63.4 Å². The maximum Gasteiger partial charge on any atom is 0.238 e. The van der Waals surface area contributed by atoms with Gasteiger partial charge >= 0.3 is 0 Å². The number of azo groups is 4. The van der Waals surface area contributed by atoms with Crippen LogP contribution in [0.15, 0.2) is 160 Å². The zero-order chi connectivity index (χ0) is 55.4. The Balaban J connectivity index is 0.000000328. The first-order valence-corrected chi connectivity index (χ1v) is 28.1. The molecule has 0 heterocycles. The molecule has 0 atom stereocenters. The van der Waals surface area contributed by atoms with Crippen molar-refractivity contribution in [2.24, 2.45) is 51.2 Å². The standard InChI is InChI=1S/2C27H34N6O4S.Fe/c2*1-4-6-14-33(15-7-5-2)21-10-13-23(26(34)17-21)30-32-25-16-19(3)24(18-27(25)35)31-29-20-8-11-22(12-9-20)38(28,36)37;/h2*8-13,16-18,34-35H,4-7,14-15H2,1-3H3,(H2,28,36,37);. The van der Waals surface area contributed by atoms with Gasteiger partial charge in [-0.3, -0.25) is 0 Å². The first-order valence-electron chi connectivity index (χ1n) is 25.0. The van der Waals surface area contributed by atoms with Gasteiger partial charge in [0.05, 0.1) is 32.5 Å². The molecule has 0 amide bonds. The van der Waals surface area contributed by atoms with Crippen molar-refractivity contribution in [1.82, 2.24) is 0 Å². The van der Waals surface area contributed by atoms with Gasteiger partial charge in [-0.25, -0.2) is 27.1 Å². The van der Waals surface area contributed by atoms with Crippen LogP contribution >= 0.6 is 0 Å². The quantitative estimate of drug-likeness (QED) is 0.0246. The van der Waals surface area contributed by atoms with Crippen LogP contribution in [0.2, 0.25) is 0 Å². The van der Waals surface area contributed by atoms with Gasteiger partial charge in [-0.2, -0.15) is 20.5 Å². The molecule has 0 spiro atoms. The monoisotopic (exact) mass is 1130 g/mol. The maximum atomic E-state index is 11.4. The maximum absolute atomic E-state index is 11.4. The van der Waals surface area contributed by atoms with E-state index in [1.165, 1.54) is 60.7 Å². The van der Waals surface area contributed by atoms with Crippen LogP contribution in [0.5, 0.6) is 23.0 Å². The number of phenols is 4. The summed E-state index contributed by atoms with van der Waals surface area (Å²) in [6, 6.07) is 28.0. The zero-order valence-electron chi connectivity index (χ0n) is 44.1. The van der Waals surface area contributed by atoms with Crippen LogP contribution in [0.3, 0.4) is 0 Å². The molecule has 6 aromatic carbocycles. The molecule has 0 aliphatic carbocycles. The summed E-state index contributed by atoms with van der Waals surface area (Å²) >= 11 is 0. The first kappa shape index (κ1) is 62.4. The molecule has 0 bridgehead atoms. The molecule has 412 valence electrons. The number of hydrogen-bond donors (Lipinski definition) is 6. The van der Waals surface area contributed by atoms with Crippen LogP contribution in [0.25, 0.3) is 0 Å². The fraction of sp³-hybridized carbons (Fsp3) is 0.333. The van der Waals surface area contributed by atoms with Gasteiger partial charge < -0.3 is 30.2 Å². The number of benzene rings is 6. The van der Waals surface area contributed by atoms with E-state index in [4.69, 9.17) is 10.3 Å². The minimum Gasteiger partial charge on any atom is -0.506 e. The second-order valence-corrected chi connectivity index (χ2v) is 21.0. The van der Waals surface area contributed by atoms with Crippen molar-refractivity contribution in [1.29, 1.82) is 0 Å². The number of hydrogen-bond acceptors (Lipinski definition) is 18. The fourth-order valence-electron chi connectivity index (χ4n) is 7.28. The summed E-state index contributed by atoms with van der Waals surface area (Å²) in [5.41, 5.74) is 5.92. The smallest absolute Gasteiger partial charge is 0.238 e. The van der Waals surface area contributed by atoms with E-state index in [1.54, 1.807) is 50.2 Å². The minimum atomic E-state index is -3.79. The first-order chi connectivity index (χ1) is 36.2. The molecular formula is C54H68FeN12O8S2. The molecule has 0 aliphatic rings. The van der Waals surface area contributed by atoms with Crippen molar-refractivity contribution < 1.29 is 54.3 Å². The predicted molar refractivity (Wildman–Crippen MR) is 298 cm³/mol. The van der Waals surface area contributed by atoms with Crippen molar-refractivity contribution in [3.8, 4) is 23.0 Å². The predicted octanol–water partition coefficient (Wildman–Crippen LogP) is 14.6. The second kappa shape index (κ2) is 30.0. The third-order valence-corrected chi connectivity index (χ3v) is 13.6. The number of aryl methyl sites for hydroxylation is 2. The van der Waals surface area contributed by atoms with Gasteiger partial charge in [0.1, 0.15) is 45.7 Å². The van der Waals surface area contributed by atoms with Crippen molar-refractivity contribution in [2.45, 2.75) is 103 Å². The number of sulfonamides is 2. The Kier molecular flexibility index (Phi) is 24.3. The summed E-state index contributed by atoms with van der Waals surface area (Å²) in [5, 5.41) is 85.2. The Morgan fingerprint density at radius 2 is 0.675 bits per heavy atom. The number of anilines is 2. The zero-order valence-corrected chi connectivity index (χ0v) is 46.8. The molecule has 0 saturated carbocycles. The Hall–Kier alpha value is -7.14. The fourth-order valence-corrected chi connectivity index (χ4v) is 8.31. The topological polar surface area (TPSA) is 307 Å². The minimum absolute atomic E-state index is 0. The Morgan fingerprint density at radius 1 is 0.390 bits per heavy atom. The molecule has 0 fully saturated rings. The van der Waals surface area contributed by atoms with Crippen molar-refractivity contribution in [3.63, 3.8) is 0 Å². The van der Waals surface area contributed by atoms with E-state index in [0.29, 0.717) is 45.3 Å². The van der Waals surface area contributed by atoms with E-state index in [-0.39, 0.29) is 61.2 Å². The van der Waals surface area contributed by atoms with Crippen molar-refractivity contribution in [3.05, 3.63) is 120 Å². The summed E-state index contributed by atoms with van der Waals surface area (Å²) < 4.78 is 45.5. The van der Waals surface area contributed by atoms with Gasteiger partial charge in [-0.1, -0.05) is 53.4 Å². The normalized spacial score (nSPS) is 11.8. The van der Waals surface area contributed by atoms with Crippen LogP contribution in [0.1, 0.15) is 90.2 Å². The van der Waals surface area contributed by atoms with E-state index < -0.39 is 20.0 Å². The van der Waals surface area contributed by atoms with E-state index in [0.717, 1.165) is 88.9 Å². The Bertz CT molecular complexity index is 3020. The molecule has 0 radical (unpaired) electrons. The number of aromatic hydroxyl groups is 4. The van der Waals surface area contributed by atoms with Gasteiger partial charge in [0.2, 0.25) is 20.0 Å². The summed E-state index contributed by atoms with van der Waals surface area (Å²) in [4.78, 5) is 4.49. The summed E-state index contributed by atoms with van der Waals surface area (Å²) in [6.07, 6.45) is 8.68. The van der Waals surface area contributed by atoms with Crippen LogP contribution in [0, 0.1) is 13.8 Å². The van der Waals surface area contributed by atoms with Gasteiger partial charge in [0.25, 0.3) is 0 Å². The third kappa shape index (κ3) is 19.1. The molecule has 6 rings (SSSR count). The molecule has 0 saturated heterocycles. The SMILES string of the molecule is CCCCN(CCCC)c1ccc(N=Nc2cc(C)c(N=Nc3ccc(S(N)(=O)=O)cc3)cc2O)c(O)c1.CCCCN(CCCC)c1ccc(N=Nc2cc(C)c(N=Nc3ccc(S(N)(=O)=O)cc3)cc2O)c(O)c1.[Fe]. The number of unbranched alkanes of at least 4 members (excludes halogenated alkanes) is 4. The van der Waals surface area contributed by atoms with Crippen LogP contribution in [0.4, 0.5) is 56.9 Å². The number of primary sulfonamides is 2. The van der Waals surface area contributed by atoms with Crippen LogP contribution in [-0.2, 0) is 37.1 Å². The Morgan fingerprint density at radius 3 is 0.961 bits per heavy atom. The summed E-state index contributed by atoms with van der Waals surface area (Å²) in [5.74, 6) is -0.280. The molecule has 0 aliphatic heterocycles. The average molecular weight is 1130 g/mol. The molecular weight excluding hydrogens is 1060 g/mol. The van der Waals surface area contributed by atoms with Crippen LogP contribution < -0.4 is 20.1 Å². The summed E-state index contributed by atoms with van der Waals surface area (Å²) in [6.45, 7) is 15.9. The summed E-state index contributed by atoms with van der Waals surface area (Å²) in [7, 11) is -7.58. The van der Waals surface area contributed by atoms with Gasteiger partial charge in [-0.05, 0) is 136 Å².